The number of carbonyl (C=O) groups excluding carboxylic acids is 2. The predicted octanol–water partition coefficient (Wildman–Crippen LogP) is 5.12. The Kier molecular flexibility index (Phi) is 5.67. The molecule has 5 rings (SSSR count). The number of nitrogens with one attached hydrogen (secondary N) is 2. The molecule has 1 aromatic heterocycles. The van der Waals surface area contributed by atoms with Gasteiger partial charge in [0.1, 0.15) is 11.9 Å². The highest BCUT2D eigenvalue weighted by molar-refractivity contribution is 6.31. The van der Waals surface area contributed by atoms with E-state index >= 15 is 0 Å². The Morgan fingerprint density at radius 1 is 1.03 bits per heavy atom. The molecule has 0 fully saturated rings. The van der Waals surface area contributed by atoms with E-state index in [1.54, 1.807) is 36.5 Å². The Hall–Kier alpha value is -3.90. The molecule has 164 valence electrons. The second kappa shape index (κ2) is 8.92. The highest BCUT2D eigenvalue weighted by atomic mass is 35.5. The van der Waals surface area contributed by atoms with Crippen LogP contribution in [0.1, 0.15) is 33.4 Å². The normalized spacial score (nSPS) is 14.4. The molecular weight excluding hydrogens is 436 g/mol. The van der Waals surface area contributed by atoms with Crippen LogP contribution in [0.5, 0.6) is 0 Å². The largest absolute Gasteiger partial charge is 0.369 e. The number of nitrogens with zero attached hydrogens (tertiary/aromatic N) is 2. The number of carbonyl (C=O) groups is 2. The number of aromatic nitrogens is 2. The van der Waals surface area contributed by atoms with Crippen LogP contribution >= 0.6 is 11.6 Å². The molecular formula is C26H21ClN4O2. The average molecular weight is 457 g/mol. The van der Waals surface area contributed by atoms with Gasteiger partial charge in [0.25, 0.3) is 0 Å². The zero-order valence-electron chi connectivity index (χ0n) is 17.7. The number of amides is 1. The third kappa shape index (κ3) is 4.38. The van der Waals surface area contributed by atoms with E-state index in [0.717, 1.165) is 16.8 Å². The lowest BCUT2D eigenvalue weighted by Gasteiger charge is -2.17. The maximum atomic E-state index is 13.4. The molecule has 6 nitrogen and oxygen atoms in total. The van der Waals surface area contributed by atoms with Gasteiger partial charge in [-0.15, -0.1) is 0 Å². The molecule has 0 bridgehead atoms. The Morgan fingerprint density at radius 3 is 2.61 bits per heavy atom. The minimum absolute atomic E-state index is 0.0897. The molecule has 0 radical (unpaired) electrons. The molecule has 0 spiro atoms. The minimum Gasteiger partial charge on any atom is -0.369 e. The summed E-state index contributed by atoms with van der Waals surface area (Å²) >= 11 is 6.14. The van der Waals surface area contributed by atoms with Crippen molar-refractivity contribution in [3.63, 3.8) is 0 Å². The number of hydrogen-bond acceptors (Lipinski definition) is 4. The molecule has 1 aliphatic rings. The first kappa shape index (κ1) is 21.0. The summed E-state index contributed by atoms with van der Waals surface area (Å²) in [5, 5.41) is 6.78. The number of ketones is 1. The third-order valence-corrected chi connectivity index (χ3v) is 6.06. The summed E-state index contributed by atoms with van der Waals surface area (Å²) < 4.78 is 1.99. The van der Waals surface area contributed by atoms with Crippen LogP contribution in [0, 0.1) is 0 Å². The van der Waals surface area contributed by atoms with Crippen LogP contribution in [-0.2, 0) is 17.8 Å². The zero-order valence-corrected chi connectivity index (χ0v) is 18.4. The maximum Gasteiger partial charge on any atom is 0.228 e. The predicted molar refractivity (Wildman–Crippen MR) is 129 cm³/mol. The summed E-state index contributed by atoms with van der Waals surface area (Å²) in [6, 6.07) is 21.5. The standard InChI is InChI=1S/C26H21ClN4O2/c27-21-7-3-1-5-18(21)15-23(32)29-20-11-9-17(10-12-20)25(33)24-26-28-13-14-31(26)16-19-6-2-4-8-22(19)30-24/h1-14,24,30H,15-16H2,(H,29,32). The molecule has 2 N–H and O–H groups in total. The number of rotatable bonds is 5. The number of benzene rings is 3. The fraction of sp³-hybridized carbons (Fsp3) is 0.115. The van der Waals surface area contributed by atoms with Gasteiger partial charge >= 0.3 is 0 Å². The number of halogens is 1. The summed E-state index contributed by atoms with van der Waals surface area (Å²) in [6.45, 7) is 0.651. The van der Waals surface area contributed by atoms with Crippen molar-refractivity contribution in [3.8, 4) is 0 Å². The van der Waals surface area contributed by atoms with Crippen molar-refractivity contribution in [1.82, 2.24) is 9.55 Å². The van der Waals surface area contributed by atoms with E-state index in [4.69, 9.17) is 11.6 Å². The summed E-state index contributed by atoms with van der Waals surface area (Å²) in [7, 11) is 0. The van der Waals surface area contributed by atoms with Gasteiger partial charge in [0.2, 0.25) is 5.91 Å². The third-order valence-electron chi connectivity index (χ3n) is 5.69. The van der Waals surface area contributed by atoms with Gasteiger partial charge in [0.05, 0.1) is 13.0 Å². The number of anilines is 2. The first-order valence-electron chi connectivity index (χ1n) is 10.6. The number of fused-ring (bicyclic) bond motifs is 2. The van der Waals surface area contributed by atoms with Crippen molar-refractivity contribution in [2.24, 2.45) is 0 Å². The Morgan fingerprint density at radius 2 is 1.79 bits per heavy atom. The van der Waals surface area contributed by atoms with Crippen LogP contribution in [0.15, 0.2) is 85.2 Å². The molecule has 0 saturated carbocycles. The van der Waals surface area contributed by atoms with Crippen molar-refractivity contribution in [3.05, 3.63) is 113 Å². The van der Waals surface area contributed by atoms with E-state index in [0.29, 0.717) is 28.6 Å². The van der Waals surface area contributed by atoms with Crippen LogP contribution in [0.25, 0.3) is 0 Å². The quantitative estimate of drug-likeness (QED) is 0.409. The Balaban J connectivity index is 1.33. The number of Topliss-reactive ketones (excluding diaryl/α,β-unsaturated/α-hetero) is 1. The summed E-state index contributed by atoms with van der Waals surface area (Å²) in [5.41, 5.74) is 3.93. The molecule has 7 heteroatoms. The van der Waals surface area contributed by atoms with Crippen LogP contribution in [0.2, 0.25) is 5.02 Å². The maximum absolute atomic E-state index is 13.4. The molecule has 1 aliphatic heterocycles. The van der Waals surface area contributed by atoms with Gasteiger partial charge in [0, 0.05) is 34.4 Å². The minimum atomic E-state index is -0.607. The van der Waals surface area contributed by atoms with Gasteiger partial charge in [-0.1, -0.05) is 48.0 Å². The molecule has 0 saturated heterocycles. The van der Waals surface area contributed by atoms with E-state index in [2.05, 4.69) is 15.6 Å². The zero-order chi connectivity index (χ0) is 22.8. The van der Waals surface area contributed by atoms with Gasteiger partial charge in [0.15, 0.2) is 5.78 Å². The smallest absolute Gasteiger partial charge is 0.228 e. The monoisotopic (exact) mass is 456 g/mol. The second-order valence-corrected chi connectivity index (χ2v) is 8.31. The number of para-hydroxylation sites is 1. The molecule has 1 atom stereocenters. The number of imidazole rings is 1. The van der Waals surface area contributed by atoms with E-state index in [9.17, 15) is 9.59 Å². The lowest BCUT2D eigenvalue weighted by Crippen LogP contribution is -2.23. The molecule has 2 heterocycles. The summed E-state index contributed by atoms with van der Waals surface area (Å²) in [5.74, 6) is 0.410. The highest BCUT2D eigenvalue weighted by Gasteiger charge is 2.29. The molecule has 33 heavy (non-hydrogen) atoms. The Bertz CT molecular complexity index is 1330. The van der Waals surface area contributed by atoms with Gasteiger partial charge in [-0.25, -0.2) is 4.98 Å². The van der Waals surface area contributed by atoms with Crippen molar-refractivity contribution in [2.45, 2.75) is 19.0 Å². The average Bonchev–Trinajstić information content (AvgIpc) is 3.21. The molecule has 0 aliphatic carbocycles. The van der Waals surface area contributed by atoms with Crippen molar-refractivity contribution in [1.29, 1.82) is 0 Å². The van der Waals surface area contributed by atoms with Crippen molar-refractivity contribution < 1.29 is 9.59 Å². The fourth-order valence-corrected chi connectivity index (χ4v) is 4.21. The Labute approximate surface area is 196 Å². The van der Waals surface area contributed by atoms with Crippen LogP contribution in [0.3, 0.4) is 0 Å². The van der Waals surface area contributed by atoms with Crippen LogP contribution in [0.4, 0.5) is 11.4 Å². The van der Waals surface area contributed by atoms with Crippen molar-refractivity contribution in [2.75, 3.05) is 10.6 Å². The van der Waals surface area contributed by atoms with Gasteiger partial charge < -0.3 is 15.2 Å². The lowest BCUT2D eigenvalue weighted by atomic mass is 10.0. The molecule has 1 amide bonds. The van der Waals surface area contributed by atoms with Gasteiger partial charge in [-0.05, 0) is 47.5 Å². The van der Waals surface area contributed by atoms with Crippen LogP contribution in [-0.4, -0.2) is 21.2 Å². The van der Waals surface area contributed by atoms with E-state index < -0.39 is 6.04 Å². The lowest BCUT2D eigenvalue weighted by molar-refractivity contribution is -0.115. The SMILES string of the molecule is O=C(Cc1ccccc1Cl)Nc1ccc(C(=O)C2Nc3ccccc3Cn3ccnc32)cc1. The van der Waals surface area contributed by atoms with Gasteiger partial charge in [-0.2, -0.15) is 0 Å². The summed E-state index contributed by atoms with van der Waals surface area (Å²) in [6.07, 6.45) is 3.77. The highest BCUT2D eigenvalue weighted by Crippen LogP contribution is 2.30. The van der Waals surface area contributed by atoms with Crippen molar-refractivity contribution >= 4 is 34.7 Å². The molecule has 4 aromatic rings. The van der Waals surface area contributed by atoms with Crippen LogP contribution < -0.4 is 10.6 Å². The molecule has 1 unspecified atom stereocenters. The first-order chi connectivity index (χ1) is 16.1. The number of hydrogen-bond donors (Lipinski definition) is 2. The topological polar surface area (TPSA) is 76.0 Å². The molecule has 3 aromatic carbocycles. The second-order valence-electron chi connectivity index (χ2n) is 7.91. The fourth-order valence-electron chi connectivity index (χ4n) is 4.00. The van der Waals surface area contributed by atoms with E-state index in [1.807, 2.05) is 53.2 Å². The van der Waals surface area contributed by atoms with E-state index in [-0.39, 0.29) is 18.1 Å². The van der Waals surface area contributed by atoms with Gasteiger partial charge in [-0.3, -0.25) is 9.59 Å². The van der Waals surface area contributed by atoms with E-state index in [1.165, 1.54) is 0 Å². The first-order valence-corrected chi connectivity index (χ1v) is 11.0. The summed E-state index contributed by atoms with van der Waals surface area (Å²) in [4.78, 5) is 30.3.